The van der Waals surface area contributed by atoms with Gasteiger partial charge in [-0.05, 0) is 23.8 Å². The zero-order valence-electron chi connectivity index (χ0n) is 12.3. The molecule has 24 heavy (non-hydrogen) atoms. The SMILES string of the molecule is O=C1C[C@@H](c2ccccc2)Sc2nc(-c3ccc(Cl)c(Cl)c3)nn21. The maximum absolute atomic E-state index is 12.4. The van der Waals surface area contributed by atoms with E-state index >= 15 is 0 Å². The first-order valence-electron chi connectivity index (χ1n) is 7.29. The molecule has 1 atom stereocenters. The van der Waals surface area contributed by atoms with Crippen LogP contribution in [0.2, 0.25) is 10.0 Å². The molecule has 0 radical (unpaired) electrons. The summed E-state index contributed by atoms with van der Waals surface area (Å²) in [4.78, 5) is 16.9. The number of nitrogens with zero attached hydrogens (tertiary/aromatic N) is 3. The molecule has 0 spiro atoms. The third kappa shape index (κ3) is 2.83. The van der Waals surface area contributed by atoms with Crippen molar-refractivity contribution in [2.24, 2.45) is 0 Å². The molecule has 0 amide bonds. The van der Waals surface area contributed by atoms with Crippen LogP contribution >= 0.6 is 35.0 Å². The summed E-state index contributed by atoms with van der Waals surface area (Å²) in [7, 11) is 0. The second kappa shape index (κ2) is 6.24. The standard InChI is InChI=1S/C17H11Cl2N3OS/c18-12-7-6-11(8-13(12)19)16-20-17-22(21-16)15(23)9-14(24-17)10-4-2-1-3-5-10/h1-8,14H,9H2/t14-/m0/s1. The van der Waals surface area contributed by atoms with E-state index in [-0.39, 0.29) is 11.2 Å². The normalized spacial score (nSPS) is 16.9. The average molecular weight is 376 g/mol. The summed E-state index contributed by atoms with van der Waals surface area (Å²) in [6.45, 7) is 0. The van der Waals surface area contributed by atoms with E-state index in [0.717, 1.165) is 11.1 Å². The van der Waals surface area contributed by atoms with E-state index < -0.39 is 0 Å². The van der Waals surface area contributed by atoms with Crippen molar-refractivity contribution >= 4 is 40.9 Å². The van der Waals surface area contributed by atoms with E-state index in [4.69, 9.17) is 23.2 Å². The van der Waals surface area contributed by atoms with E-state index in [9.17, 15) is 4.79 Å². The highest BCUT2D eigenvalue weighted by Gasteiger charge is 2.30. The van der Waals surface area contributed by atoms with Crippen molar-refractivity contribution in [3.05, 3.63) is 64.1 Å². The number of hydrogen-bond donors (Lipinski definition) is 0. The highest BCUT2D eigenvalue weighted by atomic mass is 35.5. The van der Waals surface area contributed by atoms with Gasteiger partial charge in [0.15, 0.2) is 11.0 Å². The third-order valence-electron chi connectivity index (χ3n) is 3.77. The Bertz CT molecular complexity index is 927. The fraction of sp³-hybridized carbons (Fsp3) is 0.118. The van der Waals surface area contributed by atoms with Crippen LogP contribution in [0.1, 0.15) is 22.0 Å². The van der Waals surface area contributed by atoms with Crippen LogP contribution in [0.15, 0.2) is 53.7 Å². The minimum atomic E-state index is -0.0589. The lowest BCUT2D eigenvalue weighted by Crippen LogP contribution is -2.20. The van der Waals surface area contributed by atoms with Gasteiger partial charge in [0.1, 0.15) is 0 Å². The Morgan fingerprint density at radius 3 is 2.62 bits per heavy atom. The monoisotopic (exact) mass is 375 g/mol. The van der Waals surface area contributed by atoms with Gasteiger partial charge in [0, 0.05) is 17.2 Å². The van der Waals surface area contributed by atoms with E-state index in [0.29, 0.717) is 27.4 Å². The van der Waals surface area contributed by atoms with E-state index in [1.165, 1.54) is 4.68 Å². The molecule has 0 fully saturated rings. The molecule has 4 rings (SSSR count). The molecule has 0 saturated heterocycles. The Morgan fingerprint density at radius 1 is 1.08 bits per heavy atom. The minimum absolute atomic E-state index is 0.0528. The second-order valence-electron chi connectivity index (χ2n) is 5.37. The zero-order valence-corrected chi connectivity index (χ0v) is 14.6. The summed E-state index contributed by atoms with van der Waals surface area (Å²) >= 11 is 13.5. The quantitative estimate of drug-likeness (QED) is 0.622. The lowest BCUT2D eigenvalue weighted by Gasteiger charge is -2.20. The number of fused-ring (bicyclic) bond motifs is 1. The fourth-order valence-corrected chi connectivity index (χ4v) is 4.01. The van der Waals surface area contributed by atoms with E-state index in [1.807, 2.05) is 30.3 Å². The fourth-order valence-electron chi connectivity index (χ4n) is 2.56. The van der Waals surface area contributed by atoms with Crippen LogP contribution in [0.4, 0.5) is 0 Å². The van der Waals surface area contributed by atoms with Crippen LogP contribution in [0.3, 0.4) is 0 Å². The van der Waals surface area contributed by atoms with Crippen LogP contribution in [0, 0.1) is 0 Å². The molecule has 0 N–H and O–H groups in total. The van der Waals surface area contributed by atoms with E-state index in [1.54, 1.807) is 30.0 Å². The van der Waals surface area contributed by atoms with Crippen LogP contribution in [0.5, 0.6) is 0 Å². The smallest absolute Gasteiger partial charge is 0.250 e. The van der Waals surface area contributed by atoms with Crippen molar-refractivity contribution in [3.63, 3.8) is 0 Å². The minimum Gasteiger partial charge on any atom is -0.272 e. The van der Waals surface area contributed by atoms with Gasteiger partial charge in [0.05, 0.1) is 10.0 Å². The molecule has 0 bridgehead atoms. The van der Waals surface area contributed by atoms with Gasteiger partial charge in [0.25, 0.3) is 5.91 Å². The topological polar surface area (TPSA) is 47.8 Å². The van der Waals surface area contributed by atoms with Crippen LogP contribution < -0.4 is 0 Å². The third-order valence-corrected chi connectivity index (χ3v) is 5.71. The number of carbonyl (C=O) groups excluding carboxylic acids is 1. The van der Waals surface area contributed by atoms with Crippen molar-refractivity contribution in [1.29, 1.82) is 0 Å². The first-order chi connectivity index (χ1) is 11.6. The van der Waals surface area contributed by atoms with Gasteiger partial charge in [-0.15, -0.1) is 5.10 Å². The molecule has 0 aliphatic carbocycles. The lowest BCUT2D eigenvalue weighted by atomic mass is 10.1. The molecular formula is C17H11Cl2N3OS. The molecule has 7 heteroatoms. The number of thioether (sulfide) groups is 1. The van der Waals surface area contributed by atoms with Crippen molar-refractivity contribution < 1.29 is 4.79 Å². The van der Waals surface area contributed by atoms with Crippen LogP contribution in [-0.4, -0.2) is 20.7 Å². The number of aromatic nitrogens is 3. The Morgan fingerprint density at radius 2 is 1.88 bits per heavy atom. The van der Waals surface area contributed by atoms with Crippen molar-refractivity contribution in [3.8, 4) is 11.4 Å². The Hall–Kier alpha value is -1.82. The van der Waals surface area contributed by atoms with Gasteiger partial charge >= 0.3 is 0 Å². The van der Waals surface area contributed by atoms with Crippen LogP contribution in [0.25, 0.3) is 11.4 Å². The Balaban J connectivity index is 1.70. The van der Waals surface area contributed by atoms with Gasteiger partial charge in [-0.2, -0.15) is 4.68 Å². The molecule has 3 aromatic rings. The lowest BCUT2D eigenvalue weighted by molar-refractivity contribution is 0.0868. The van der Waals surface area contributed by atoms with Gasteiger partial charge in [0.2, 0.25) is 0 Å². The largest absolute Gasteiger partial charge is 0.272 e. The first-order valence-corrected chi connectivity index (χ1v) is 8.92. The summed E-state index contributed by atoms with van der Waals surface area (Å²) in [5, 5.41) is 5.89. The van der Waals surface area contributed by atoms with Gasteiger partial charge in [-0.25, -0.2) is 4.98 Å². The molecule has 2 heterocycles. The summed E-state index contributed by atoms with van der Waals surface area (Å²) in [5.41, 5.74) is 1.84. The predicted octanol–water partition coefficient (Wildman–Crippen LogP) is 5.13. The Kier molecular flexibility index (Phi) is 4.08. The number of carbonyl (C=O) groups is 1. The molecular weight excluding hydrogens is 365 g/mol. The predicted molar refractivity (Wildman–Crippen MR) is 95.8 cm³/mol. The molecule has 1 aromatic heterocycles. The Labute approximate surface area is 152 Å². The second-order valence-corrected chi connectivity index (χ2v) is 7.36. The molecule has 120 valence electrons. The van der Waals surface area contributed by atoms with Gasteiger partial charge in [-0.1, -0.05) is 65.3 Å². The highest BCUT2D eigenvalue weighted by molar-refractivity contribution is 7.99. The first kappa shape index (κ1) is 15.7. The average Bonchev–Trinajstić information content (AvgIpc) is 3.03. The summed E-state index contributed by atoms with van der Waals surface area (Å²) in [6.07, 6.45) is 0.395. The molecule has 4 nitrogen and oxygen atoms in total. The molecule has 0 saturated carbocycles. The summed E-state index contributed by atoms with van der Waals surface area (Å²) in [6, 6.07) is 15.1. The number of benzene rings is 2. The van der Waals surface area contributed by atoms with Crippen LogP contribution in [-0.2, 0) is 0 Å². The summed E-state index contributed by atoms with van der Waals surface area (Å²) in [5.74, 6) is 0.412. The highest BCUT2D eigenvalue weighted by Crippen LogP contribution is 2.41. The van der Waals surface area contributed by atoms with E-state index in [2.05, 4.69) is 10.1 Å². The molecule has 0 unspecified atom stereocenters. The summed E-state index contributed by atoms with van der Waals surface area (Å²) < 4.78 is 1.38. The van der Waals surface area contributed by atoms with Crippen molar-refractivity contribution in [2.75, 3.05) is 0 Å². The van der Waals surface area contributed by atoms with Crippen molar-refractivity contribution in [2.45, 2.75) is 16.8 Å². The molecule has 1 aliphatic rings. The van der Waals surface area contributed by atoms with Gasteiger partial charge in [-0.3, -0.25) is 4.79 Å². The molecule has 1 aliphatic heterocycles. The number of halogens is 2. The molecule has 2 aromatic carbocycles. The maximum atomic E-state index is 12.4. The van der Waals surface area contributed by atoms with Crippen molar-refractivity contribution in [1.82, 2.24) is 14.8 Å². The van der Waals surface area contributed by atoms with Gasteiger partial charge < -0.3 is 0 Å². The number of hydrogen-bond acceptors (Lipinski definition) is 4. The number of rotatable bonds is 2. The maximum Gasteiger partial charge on any atom is 0.250 e. The zero-order chi connectivity index (χ0) is 16.7.